The molecule has 0 bridgehead atoms. The normalized spacial score (nSPS) is 19.4. The lowest BCUT2D eigenvalue weighted by molar-refractivity contribution is -0.137. The van der Waals surface area contributed by atoms with Crippen molar-refractivity contribution in [1.82, 2.24) is 10.2 Å². The van der Waals surface area contributed by atoms with Crippen molar-refractivity contribution in [3.8, 4) is 11.5 Å². The summed E-state index contributed by atoms with van der Waals surface area (Å²) < 4.78 is 10.9. The highest BCUT2D eigenvalue weighted by Gasteiger charge is 2.31. The van der Waals surface area contributed by atoms with Crippen LogP contribution in [0.4, 0.5) is 0 Å². The first kappa shape index (κ1) is 29.9. The van der Waals surface area contributed by atoms with Crippen molar-refractivity contribution in [2.24, 2.45) is 0 Å². The van der Waals surface area contributed by atoms with Gasteiger partial charge in [-0.05, 0) is 53.2 Å². The fourth-order valence-corrected chi connectivity index (χ4v) is 5.19. The van der Waals surface area contributed by atoms with Gasteiger partial charge in [-0.3, -0.25) is 9.59 Å². The molecule has 0 saturated carbocycles. The number of aliphatic hydroxyl groups excluding tert-OH is 1. The Morgan fingerprint density at radius 1 is 1.10 bits per heavy atom. The molecule has 1 unspecified atom stereocenters. The number of aliphatic hydroxyl groups is 1. The molecule has 0 aromatic heterocycles. The number of carbonyl (C=O) groups excluding carboxylic acids is 1. The van der Waals surface area contributed by atoms with E-state index in [-0.39, 0.29) is 30.2 Å². The largest absolute Gasteiger partial charge is 0.497 e. The van der Waals surface area contributed by atoms with E-state index in [1.54, 1.807) is 20.3 Å². The standard InChI is InChI=1S/C33H40N2O6/c1-33(2,3)24-11-6-21(7-12-24)27(28-15-9-22(32(39)34-28)10-17-31(37)38)18-25-13-16-30(36)35(25)20-23-8-14-26(40-4)19-29(23)41-5/h6-9,11-12,14-15,18-19,25,32,34,39H,10,13,16-17,20H2,1-5H3,(H,37,38)/b27-18-/t25-,32?/m1/s1. The molecule has 1 fully saturated rings. The molecule has 1 saturated heterocycles. The van der Waals surface area contributed by atoms with Gasteiger partial charge in [0, 0.05) is 42.3 Å². The number of hydrogen-bond donors (Lipinski definition) is 3. The monoisotopic (exact) mass is 560 g/mol. The number of allylic oxidation sites excluding steroid dienone is 3. The summed E-state index contributed by atoms with van der Waals surface area (Å²) in [7, 11) is 3.20. The molecule has 2 aromatic carbocycles. The molecule has 2 atom stereocenters. The molecule has 0 spiro atoms. The zero-order chi connectivity index (χ0) is 29.7. The fraction of sp³-hybridized carbons (Fsp3) is 0.394. The second-order valence-electron chi connectivity index (χ2n) is 11.5. The number of methoxy groups -OCH3 is 2. The van der Waals surface area contributed by atoms with Gasteiger partial charge in [-0.2, -0.15) is 0 Å². The van der Waals surface area contributed by atoms with E-state index in [0.29, 0.717) is 42.2 Å². The second-order valence-corrected chi connectivity index (χ2v) is 11.5. The Bertz CT molecular complexity index is 1370. The topological polar surface area (TPSA) is 108 Å². The molecule has 1 amide bonds. The molecule has 218 valence electrons. The van der Waals surface area contributed by atoms with E-state index in [0.717, 1.165) is 16.7 Å². The Balaban J connectivity index is 1.72. The molecule has 8 nitrogen and oxygen atoms in total. The van der Waals surface area contributed by atoms with Gasteiger partial charge in [0.05, 0.1) is 20.3 Å². The maximum atomic E-state index is 13.1. The summed E-state index contributed by atoms with van der Waals surface area (Å²) in [5, 5.41) is 23.1. The summed E-state index contributed by atoms with van der Waals surface area (Å²) in [6.45, 7) is 6.88. The van der Waals surface area contributed by atoms with Gasteiger partial charge >= 0.3 is 5.97 Å². The second kappa shape index (κ2) is 12.6. The number of carbonyl (C=O) groups is 2. The van der Waals surface area contributed by atoms with Gasteiger partial charge in [0.15, 0.2) is 0 Å². The number of likely N-dealkylation sites (tertiary alicyclic amines) is 1. The molecule has 41 heavy (non-hydrogen) atoms. The average molecular weight is 561 g/mol. The van der Waals surface area contributed by atoms with E-state index < -0.39 is 12.2 Å². The average Bonchev–Trinajstić information content (AvgIpc) is 3.29. The highest BCUT2D eigenvalue weighted by atomic mass is 16.5. The van der Waals surface area contributed by atoms with Gasteiger partial charge in [-0.15, -0.1) is 0 Å². The zero-order valence-electron chi connectivity index (χ0n) is 24.4. The predicted molar refractivity (Wildman–Crippen MR) is 158 cm³/mol. The van der Waals surface area contributed by atoms with Crippen molar-refractivity contribution < 1.29 is 29.3 Å². The minimum atomic E-state index is -1.00. The smallest absolute Gasteiger partial charge is 0.303 e. The number of ether oxygens (including phenoxy) is 2. The summed E-state index contributed by atoms with van der Waals surface area (Å²) in [6, 6.07) is 13.8. The highest BCUT2D eigenvalue weighted by Crippen LogP contribution is 2.34. The molecule has 2 aromatic rings. The van der Waals surface area contributed by atoms with E-state index in [1.807, 2.05) is 29.2 Å². The third kappa shape index (κ3) is 7.19. The van der Waals surface area contributed by atoms with Crippen LogP contribution in [0.2, 0.25) is 0 Å². The number of carboxylic acid groups (broad SMARTS) is 1. The summed E-state index contributed by atoms with van der Waals surface area (Å²) in [5.74, 6) is 0.490. The SMILES string of the molecule is COc1ccc(CN2C(=O)CC[C@@H]2/C=C(\C2=CC=C(CCC(=O)O)C(O)N2)c2ccc(C(C)(C)C)cc2)c(OC)c1. The van der Waals surface area contributed by atoms with E-state index in [4.69, 9.17) is 14.6 Å². The van der Waals surface area contributed by atoms with E-state index >= 15 is 0 Å². The predicted octanol–water partition coefficient (Wildman–Crippen LogP) is 5.17. The van der Waals surface area contributed by atoms with Crippen molar-refractivity contribution >= 4 is 17.4 Å². The van der Waals surface area contributed by atoms with Crippen LogP contribution < -0.4 is 14.8 Å². The van der Waals surface area contributed by atoms with Crippen molar-refractivity contribution in [3.63, 3.8) is 0 Å². The Morgan fingerprint density at radius 3 is 2.44 bits per heavy atom. The Morgan fingerprint density at radius 2 is 1.83 bits per heavy atom. The molecule has 0 aliphatic carbocycles. The lowest BCUT2D eigenvalue weighted by Crippen LogP contribution is -2.34. The van der Waals surface area contributed by atoms with Gasteiger partial charge in [0.25, 0.3) is 0 Å². The molecule has 2 aliphatic rings. The molecule has 4 rings (SSSR count). The van der Waals surface area contributed by atoms with Crippen LogP contribution in [0.1, 0.15) is 63.1 Å². The quantitative estimate of drug-likeness (QED) is 0.368. The maximum absolute atomic E-state index is 13.1. The Labute approximate surface area is 242 Å². The van der Waals surface area contributed by atoms with Gasteiger partial charge in [-0.25, -0.2) is 0 Å². The minimum absolute atomic E-state index is 0.00513. The molecule has 0 radical (unpaired) electrons. The number of rotatable bonds is 10. The number of amides is 1. The zero-order valence-corrected chi connectivity index (χ0v) is 24.4. The van der Waals surface area contributed by atoms with E-state index in [1.165, 1.54) is 5.56 Å². The van der Waals surface area contributed by atoms with Crippen LogP contribution in [0.3, 0.4) is 0 Å². The molecule has 2 heterocycles. The van der Waals surface area contributed by atoms with Gasteiger partial charge in [0.1, 0.15) is 17.7 Å². The van der Waals surface area contributed by atoms with Crippen LogP contribution in [-0.2, 0) is 21.5 Å². The highest BCUT2D eigenvalue weighted by molar-refractivity contribution is 5.83. The van der Waals surface area contributed by atoms with Crippen LogP contribution in [0.15, 0.2) is 72.0 Å². The Hall–Kier alpha value is -4.04. The van der Waals surface area contributed by atoms with Crippen molar-refractivity contribution in [1.29, 1.82) is 0 Å². The lowest BCUT2D eigenvalue weighted by Gasteiger charge is -2.28. The van der Waals surface area contributed by atoms with Gasteiger partial charge < -0.3 is 29.9 Å². The van der Waals surface area contributed by atoms with Gasteiger partial charge in [-0.1, -0.05) is 57.2 Å². The third-order valence-corrected chi connectivity index (χ3v) is 7.66. The molecule has 2 aliphatic heterocycles. The number of carboxylic acids is 1. The Kier molecular flexibility index (Phi) is 9.23. The fourth-order valence-electron chi connectivity index (χ4n) is 5.19. The number of nitrogens with zero attached hydrogens (tertiary/aromatic N) is 1. The lowest BCUT2D eigenvalue weighted by atomic mass is 9.85. The van der Waals surface area contributed by atoms with E-state index in [2.05, 4.69) is 56.4 Å². The number of aliphatic carboxylic acids is 1. The van der Waals surface area contributed by atoms with Crippen molar-refractivity contribution in [2.75, 3.05) is 14.2 Å². The van der Waals surface area contributed by atoms with Gasteiger partial charge in [0.2, 0.25) is 5.91 Å². The molecular weight excluding hydrogens is 520 g/mol. The molecular formula is C33H40N2O6. The summed E-state index contributed by atoms with van der Waals surface area (Å²) in [4.78, 5) is 26.0. The van der Waals surface area contributed by atoms with Crippen molar-refractivity contribution in [2.45, 2.75) is 70.7 Å². The first-order valence-corrected chi connectivity index (χ1v) is 13.9. The summed E-state index contributed by atoms with van der Waals surface area (Å²) in [5.41, 5.74) is 5.22. The summed E-state index contributed by atoms with van der Waals surface area (Å²) >= 11 is 0. The number of dihydropyridines is 1. The first-order valence-electron chi connectivity index (χ1n) is 13.9. The molecule has 3 N–H and O–H groups in total. The van der Waals surface area contributed by atoms with Crippen LogP contribution in [0.5, 0.6) is 11.5 Å². The molecule has 8 heteroatoms. The third-order valence-electron chi connectivity index (χ3n) is 7.66. The first-order chi connectivity index (χ1) is 19.5. The number of benzene rings is 2. The van der Waals surface area contributed by atoms with Crippen LogP contribution in [-0.4, -0.2) is 53.5 Å². The number of nitrogens with one attached hydrogen (secondary N) is 1. The van der Waals surface area contributed by atoms with Crippen LogP contribution in [0, 0.1) is 0 Å². The maximum Gasteiger partial charge on any atom is 0.303 e. The van der Waals surface area contributed by atoms with Crippen LogP contribution >= 0.6 is 0 Å². The summed E-state index contributed by atoms with van der Waals surface area (Å²) in [6.07, 6.45) is 6.05. The van der Waals surface area contributed by atoms with Crippen LogP contribution in [0.25, 0.3) is 5.57 Å². The number of hydrogen-bond acceptors (Lipinski definition) is 6. The van der Waals surface area contributed by atoms with E-state index in [9.17, 15) is 14.7 Å². The van der Waals surface area contributed by atoms with Crippen molar-refractivity contribution in [3.05, 3.63) is 88.7 Å². The minimum Gasteiger partial charge on any atom is -0.497 e.